The Morgan fingerprint density at radius 1 is 1.43 bits per heavy atom. The quantitative estimate of drug-likeness (QED) is 0.488. The number of anilines is 1. The number of thioether (sulfide) groups is 1. The molecule has 8 nitrogen and oxygen atoms in total. The zero-order valence-corrected chi connectivity index (χ0v) is 11.9. The van der Waals surface area contributed by atoms with Crippen LogP contribution >= 0.6 is 11.8 Å². The fourth-order valence-corrected chi connectivity index (χ4v) is 2.13. The first-order valence-electron chi connectivity index (χ1n) is 5.91. The summed E-state index contributed by atoms with van der Waals surface area (Å²) in [6.07, 6.45) is -3.48. The van der Waals surface area contributed by atoms with Gasteiger partial charge in [0.25, 0.3) is 5.69 Å². The average molecular weight is 347 g/mol. The topological polar surface area (TPSA) is 114 Å². The number of aromatic nitrogens is 3. The van der Waals surface area contributed by atoms with Crippen LogP contribution in [0.5, 0.6) is 0 Å². The van der Waals surface area contributed by atoms with Gasteiger partial charge in [0.2, 0.25) is 5.91 Å². The molecule has 23 heavy (non-hydrogen) atoms. The van der Waals surface area contributed by atoms with Gasteiger partial charge in [-0.05, 0) is 12.1 Å². The first-order valence-corrected chi connectivity index (χ1v) is 6.89. The van der Waals surface area contributed by atoms with Crippen molar-refractivity contribution in [1.82, 2.24) is 15.2 Å². The van der Waals surface area contributed by atoms with Gasteiger partial charge in [0.15, 0.2) is 5.16 Å². The maximum absolute atomic E-state index is 12.6. The van der Waals surface area contributed by atoms with Crippen LogP contribution < -0.4 is 5.32 Å². The number of carbonyl (C=O) groups is 1. The maximum Gasteiger partial charge on any atom is 0.416 e. The van der Waals surface area contributed by atoms with Gasteiger partial charge in [0.1, 0.15) is 12.0 Å². The van der Waals surface area contributed by atoms with Gasteiger partial charge in [0.05, 0.1) is 16.2 Å². The first-order chi connectivity index (χ1) is 10.8. The molecule has 0 bridgehead atoms. The van der Waals surface area contributed by atoms with Gasteiger partial charge in [-0.3, -0.25) is 20.0 Å². The van der Waals surface area contributed by atoms with Gasteiger partial charge in [-0.1, -0.05) is 11.8 Å². The van der Waals surface area contributed by atoms with Gasteiger partial charge in [0, 0.05) is 6.07 Å². The number of nitrogens with zero attached hydrogens (tertiary/aromatic N) is 3. The average Bonchev–Trinajstić information content (AvgIpc) is 2.97. The minimum Gasteiger partial charge on any atom is -0.320 e. The Kier molecular flexibility index (Phi) is 4.83. The molecule has 12 heteroatoms. The normalized spacial score (nSPS) is 11.3. The Hall–Kier alpha value is -2.63. The Labute approximate surface area is 130 Å². The van der Waals surface area contributed by atoms with E-state index in [1.165, 1.54) is 6.33 Å². The monoisotopic (exact) mass is 347 g/mol. The molecule has 0 radical (unpaired) electrons. The minimum atomic E-state index is -4.71. The fraction of sp³-hybridized carbons (Fsp3) is 0.182. The number of alkyl halides is 3. The summed E-state index contributed by atoms with van der Waals surface area (Å²) >= 11 is 0.985. The Bertz CT molecular complexity index is 720. The van der Waals surface area contributed by atoms with Crippen molar-refractivity contribution in [3.8, 4) is 0 Å². The van der Waals surface area contributed by atoms with E-state index < -0.39 is 28.3 Å². The van der Waals surface area contributed by atoms with Crippen molar-refractivity contribution in [2.75, 3.05) is 11.1 Å². The van der Waals surface area contributed by atoms with Crippen LogP contribution in [0.3, 0.4) is 0 Å². The number of hydrogen-bond donors (Lipinski definition) is 2. The van der Waals surface area contributed by atoms with E-state index >= 15 is 0 Å². The second kappa shape index (κ2) is 6.64. The third-order valence-electron chi connectivity index (χ3n) is 2.53. The lowest BCUT2D eigenvalue weighted by molar-refractivity contribution is -0.384. The number of hydrogen-bond acceptors (Lipinski definition) is 6. The van der Waals surface area contributed by atoms with Crippen molar-refractivity contribution < 1.29 is 22.9 Å². The molecular weight excluding hydrogens is 339 g/mol. The smallest absolute Gasteiger partial charge is 0.320 e. The van der Waals surface area contributed by atoms with E-state index in [9.17, 15) is 28.1 Å². The molecule has 0 fully saturated rings. The number of carbonyl (C=O) groups excluding carboxylic acids is 1. The van der Waals surface area contributed by atoms with Gasteiger partial charge in [-0.25, -0.2) is 4.98 Å². The van der Waals surface area contributed by atoms with Crippen LogP contribution in [0, 0.1) is 10.1 Å². The number of benzene rings is 1. The largest absolute Gasteiger partial charge is 0.416 e. The predicted molar refractivity (Wildman–Crippen MR) is 73.8 cm³/mol. The molecule has 1 heterocycles. The summed E-state index contributed by atoms with van der Waals surface area (Å²) < 4.78 is 37.7. The van der Waals surface area contributed by atoms with Gasteiger partial charge in [-0.2, -0.15) is 18.3 Å². The second-order valence-electron chi connectivity index (χ2n) is 4.11. The molecule has 2 N–H and O–H groups in total. The molecule has 1 amide bonds. The highest BCUT2D eigenvalue weighted by molar-refractivity contribution is 7.99. The number of amides is 1. The standard InChI is InChI=1S/C11H8F3N5O3S/c12-11(13,14)6-1-2-7(8(3-6)19(21)22)17-9(20)4-23-10-15-5-16-18-10/h1-3,5H,4H2,(H,17,20)(H,15,16,18). The van der Waals surface area contributed by atoms with E-state index in [0.717, 1.165) is 17.8 Å². The summed E-state index contributed by atoms with van der Waals surface area (Å²) in [6, 6.07) is 1.88. The molecule has 122 valence electrons. The van der Waals surface area contributed by atoms with Crippen LogP contribution in [-0.2, 0) is 11.0 Å². The third-order valence-corrected chi connectivity index (χ3v) is 3.41. The predicted octanol–water partition coefficient (Wildman–Crippen LogP) is 2.46. The second-order valence-corrected chi connectivity index (χ2v) is 5.08. The SMILES string of the molecule is O=C(CSc1ncn[nH]1)Nc1ccc(C(F)(F)F)cc1[N+](=O)[O-]. The van der Waals surface area contributed by atoms with Crippen LogP contribution in [0.25, 0.3) is 0 Å². The first kappa shape index (κ1) is 16.7. The van der Waals surface area contributed by atoms with Gasteiger partial charge >= 0.3 is 6.18 Å². The van der Waals surface area contributed by atoms with Crippen molar-refractivity contribution in [3.05, 3.63) is 40.2 Å². The van der Waals surface area contributed by atoms with E-state index in [4.69, 9.17) is 0 Å². The van der Waals surface area contributed by atoms with Crippen molar-refractivity contribution in [2.45, 2.75) is 11.3 Å². The number of rotatable bonds is 5. The number of aromatic amines is 1. The zero-order valence-electron chi connectivity index (χ0n) is 11.1. The van der Waals surface area contributed by atoms with Crippen LogP contribution in [-0.4, -0.2) is 31.8 Å². The number of nitrogens with one attached hydrogen (secondary N) is 2. The lowest BCUT2D eigenvalue weighted by atomic mass is 10.1. The molecule has 2 rings (SSSR count). The molecule has 0 aliphatic heterocycles. The highest BCUT2D eigenvalue weighted by Gasteiger charge is 2.33. The van der Waals surface area contributed by atoms with Gasteiger partial charge in [-0.15, -0.1) is 0 Å². The minimum absolute atomic E-state index is 0.145. The van der Waals surface area contributed by atoms with E-state index in [2.05, 4.69) is 20.5 Å². The van der Waals surface area contributed by atoms with E-state index in [0.29, 0.717) is 17.3 Å². The Balaban J connectivity index is 2.12. The fourth-order valence-electron chi connectivity index (χ4n) is 1.55. The summed E-state index contributed by atoms with van der Waals surface area (Å²) in [4.78, 5) is 25.4. The van der Waals surface area contributed by atoms with Crippen LogP contribution in [0.2, 0.25) is 0 Å². The molecule has 0 aliphatic carbocycles. The highest BCUT2D eigenvalue weighted by Crippen LogP contribution is 2.35. The molecule has 0 unspecified atom stereocenters. The van der Waals surface area contributed by atoms with E-state index in [1.54, 1.807) is 0 Å². The van der Waals surface area contributed by atoms with Crippen LogP contribution in [0.1, 0.15) is 5.56 Å². The number of nitro groups is 1. The summed E-state index contributed by atoms with van der Waals surface area (Å²) in [7, 11) is 0. The summed E-state index contributed by atoms with van der Waals surface area (Å²) in [5, 5.41) is 19.5. The summed E-state index contributed by atoms with van der Waals surface area (Å²) in [5.41, 5.74) is -2.32. The summed E-state index contributed by atoms with van der Waals surface area (Å²) in [6.45, 7) is 0. The van der Waals surface area contributed by atoms with E-state index in [1.807, 2.05) is 0 Å². The molecule has 0 aliphatic rings. The zero-order chi connectivity index (χ0) is 17.0. The lowest BCUT2D eigenvalue weighted by Crippen LogP contribution is -2.16. The van der Waals surface area contributed by atoms with Crippen LogP contribution in [0.15, 0.2) is 29.7 Å². The highest BCUT2D eigenvalue weighted by atomic mass is 32.2. The Morgan fingerprint density at radius 3 is 2.74 bits per heavy atom. The molecule has 0 saturated carbocycles. The molecule has 1 aromatic carbocycles. The van der Waals surface area contributed by atoms with Crippen LogP contribution in [0.4, 0.5) is 24.5 Å². The molecule has 2 aromatic rings. The Morgan fingerprint density at radius 2 is 2.17 bits per heavy atom. The van der Waals surface area contributed by atoms with Gasteiger partial charge < -0.3 is 5.32 Å². The number of H-pyrrole nitrogens is 1. The van der Waals surface area contributed by atoms with Crippen molar-refractivity contribution >= 4 is 29.0 Å². The molecule has 0 spiro atoms. The third kappa shape index (κ3) is 4.42. The molecule has 0 saturated heterocycles. The van der Waals surface area contributed by atoms with E-state index in [-0.39, 0.29) is 11.4 Å². The maximum atomic E-state index is 12.6. The number of nitro benzene ring substituents is 1. The van der Waals surface area contributed by atoms with Crippen molar-refractivity contribution in [1.29, 1.82) is 0 Å². The lowest BCUT2D eigenvalue weighted by Gasteiger charge is -2.09. The number of halogens is 3. The molecule has 0 atom stereocenters. The molecular formula is C11H8F3N5O3S. The summed E-state index contributed by atoms with van der Waals surface area (Å²) in [5.74, 6) is -0.776. The van der Waals surface area contributed by atoms with Crippen molar-refractivity contribution in [3.63, 3.8) is 0 Å². The van der Waals surface area contributed by atoms with Crippen molar-refractivity contribution in [2.24, 2.45) is 0 Å². The molecule has 1 aromatic heterocycles.